The zero-order chi connectivity index (χ0) is 28.0. The highest BCUT2D eigenvalue weighted by molar-refractivity contribution is 6.34. The third kappa shape index (κ3) is 4.21. The molecule has 0 atom stereocenters. The lowest BCUT2D eigenvalue weighted by molar-refractivity contribution is 0.669. The minimum atomic E-state index is 0.580. The zero-order valence-electron chi connectivity index (χ0n) is 22.3. The van der Waals surface area contributed by atoms with E-state index in [4.69, 9.17) is 31.0 Å². The SMILES string of the molecule is Clc1cc2oc3cccc(-c4nc(-c5ccccc5)nc(-c5ccc6ccccc6c5)n4)c3c2cc1-c1ccccc1. The molecule has 42 heavy (non-hydrogen) atoms. The lowest BCUT2D eigenvalue weighted by Gasteiger charge is -2.10. The molecule has 0 saturated carbocycles. The molecule has 2 heterocycles. The quantitative estimate of drug-likeness (QED) is 0.215. The van der Waals surface area contributed by atoms with Crippen molar-refractivity contribution in [1.82, 2.24) is 15.0 Å². The van der Waals surface area contributed by atoms with Gasteiger partial charge in [-0.1, -0.05) is 121 Å². The summed E-state index contributed by atoms with van der Waals surface area (Å²) < 4.78 is 6.31. The Hall–Kier alpha value is -5.32. The predicted molar refractivity (Wildman–Crippen MR) is 171 cm³/mol. The number of fused-ring (bicyclic) bond motifs is 4. The van der Waals surface area contributed by atoms with Crippen LogP contribution in [0.1, 0.15) is 0 Å². The lowest BCUT2D eigenvalue weighted by atomic mass is 10.0. The number of rotatable bonds is 4. The van der Waals surface area contributed by atoms with Crippen LogP contribution in [0.3, 0.4) is 0 Å². The molecule has 8 rings (SSSR count). The number of nitrogens with zero attached hydrogens (tertiary/aromatic N) is 3. The maximum atomic E-state index is 6.75. The molecule has 2 aromatic heterocycles. The van der Waals surface area contributed by atoms with Crippen LogP contribution in [0.25, 0.3) is 78.0 Å². The van der Waals surface area contributed by atoms with Gasteiger partial charge < -0.3 is 4.42 Å². The molecule has 0 amide bonds. The van der Waals surface area contributed by atoms with Gasteiger partial charge in [0.25, 0.3) is 0 Å². The third-order valence-corrected chi connectivity index (χ3v) is 7.90. The first-order valence-electron chi connectivity index (χ1n) is 13.7. The number of hydrogen-bond donors (Lipinski definition) is 0. The summed E-state index contributed by atoms with van der Waals surface area (Å²) in [7, 11) is 0. The van der Waals surface area contributed by atoms with Gasteiger partial charge in [0.1, 0.15) is 11.2 Å². The van der Waals surface area contributed by atoms with Crippen LogP contribution in [0.2, 0.25) is 5.02 Å². The van der Waals surface area contributed by atoms with Crippen molar-refractivity contribution in [2.75, 3.05) is 0 Å². The Labute approximate surface area is 246 Å². The Bertz CT molecular complexity index is 2260. The van der Waals surface area contributed by atoms with Crippen molar-refractivity contribution in [3.63, 3.8) is 0 Å². The van der Waals surface area contributed by atoms with Crippen molar-refractivity contribution in [3.8, 4) is 45.3 Å². The molecule has 8 aromatic rings. The molecule has 0 aliphatic carbocycles. The molecule has 5 heteroatoms. The summed E-state index contributed by atoms with van der Waals surface area (Å²) in [6, 6.07) is 44.7. The first kappa shape index (κ1) is 24.5. The van der Waals surface area contributed by atoms with Gasteiger partial charge in [0.05, 0.1) is 5.02 Å². The Balaban J connectivity index is 1.39. The molecule has 0 radical (unpaired) electrons. The maximum absolute atomic E-state index is 6.75. The number of halogens is 1. The second kappa shape index (κ2) is 9.95. The molecule has 0 unspecified atom stereocenters. The van der Waals surface area contributed by atoms with E-state index in [9.17, 15) is 0 Å². The third-order valence-electron chi connectivity index (χ3n) is 7.59. The van der Waals surface area contributed by atoms with E-state index >= 15 is 0 Å². The normalized spacial score (nSPS) is 11.5. The highest BCUT2D eigenvalue weighted by Crippen LogP contribution is 2.41. The minimum absolute atomic E-state index is 0.580. The van der Waals surface area contributed by atoms with Crippen molar-refractivity contribution in [2.45, 2.75) is 0 Å². The Morgan fingerprint density at radius 2 is 1.12 bits per heavy atom. The van der Waals surface area contributed by atoms with Crippen LogP contribution in [-0.2, 0) is 0 Å². The Morgan fingerprint density at radius 1 is 0.452 bits per heavy atom. The summed E-state index contributed by atoms with van der Waals surface area (Å²) in [6.45, 7) is 0. The van der Waals surface area contributed by atoms with Crippen LogP contribution in [-0.4, -0.2) is 15.0 Å². The van der Waals surface area contributed by atoms with Crippen molar-refractivity contribution >= 4 is 44.3 Å². The molecule has 6 aromatic carbocycles. The van der Waals surface area contributed by atoms with Gasteiger partial charge in [-0.25, -0.2) is 15.0 Å². The number of hydrogen-bond acceptors (Lipinski definition) is 4. The molecule has 0 saturated heterocycles. The molecule has 4 nitrogen and oxygen atoms in total. The molecular weight excluding hydrogens is 538 g/mol. The smallest absolute Gasteiger partial charge is 0.164 e. The van der Waals surface area contributed by atoms with Crippen LogP contribution in [0.5, 0.6) is 0 Å². The summed E-state index contributed by atoms with van der Waals surface area (Å²) >= 11 is 6.75. The van der Waals surface area contributed by atoms with E-state index < -0.39 is 0 Å². The number of furan rings is 1. The minimum Gasteiger partial charge on any atom is -0.456 e. The second-order valence-electron chi connectivity index (χ2n) is 10.2. The van der Waals surface area contributed by atoms with Gasteiger partial charge in [0.2, 0.25) is 0 Å². The molecule has 0 aliphatic rings. The Kier molecular flexibility index (Phi) is 5.80. The second-order valence-corrected chi connectivity index (χ2v) is 10.6. The van der Waals surface area contributed by atoms with Crippen LogP contribution < -0.4 is 0 Å². The van der Waals surface area contributed by atoms with E-state index in [-0.39, 0.29) is 0 Å². The van der Waals surface area contributed by atoms with Gasteiger partial charge >= 0.3 is 0 Å². The average Bonchev–Trinajstić information content (AvgIpc) is 3.42. The topological polar surface area (TPSA) is 51.8 Å². The average molecular weight is 560 g/mol. The van der Waals surface area contributed by atoms with E-state index in [0.717, 1.165) is 49.6 Å². The van der Waals surface area contributed by atoms with Gasteiger partial charge in [-0.3, -0.25) is 0 Å². The predicted octanol–water partition coefficient (Wildman–Crippen LogP) is 10.2. The van der Waals surface area contributed by atoms with Gasteiger partial charge in [0.15, 0.2) is 17.5 Å². The standard InChI is InChI=1S/C37H22ClN3O/c38-31-22-33-30(21-29(31)24-11-3-1-4-12-24)34-28(16-9-17-32(34)42-33)37-40-35(25-13-5-2-6-14-25)39-36(41-37)27-19-18-23-10-7-8-15-26(23)20-27/h1-22H. The fourth-order valence-corrected chi connectivity index (χ4v) is 5.81. The first-order valence-corrected chi connectivity index (χ1v) is 14.1. The van der Waals surface area contributed by atoms with Gasteiger partial charge in [0, 0.05) is 39.1 Å². The largest absolute Gasteiger partial charge is 0.456 e. The van der Waals surface area contributed by atoms with Crippen LogP contribution in [0, 0.1) is 0 Å². The highest BCUT2D eigenvalue weighted by atomic mass is 35.5. The zero-order valence-corrected chi connectivity index (χ0v) is 23.1. The van der Waals surface area contributed by atoms with E-state index in [1.807, 2.05) is 84.9 Å². The summed E-state index contributed by atoms with van der Waals surface area (Å²) in [6.07, 6.45) is 0. The molecule has 0 fully saturated rings. The van der Waals surface area contributed by atoms with Gasteiger partial charge in [-0.15, -0.1) is 0 Å². The molecule has 0 aliphatic heterocycles. The fourth-order valence-electron chi connectivity index (χ4n) is 5.54. The van der Waals surface area contributed by atoms with E-state index in [2.05, 4.69) is 48.5 Å². The van der Waals surface area contributed by atoms with Gasteiger partial charge in [-0.2, -0.15) is 0 Å². The summed E-state index contributed by atoms with van der Waals surface area (Å²) in [4.78, 5) is 15.0. The highest BCUT2D eigenvalue weighted by Gasteiger charge is 2.19. The monoisotopic (exact) mass is 559 g/mol. The van der Waals surface area contributed by atoms with Crippen LogP contribution >= 0.6 is 11.6 Å². The van der Waals surface area contributed by atoms with Crippen molar-refractivity contribution in [1.29, 1.82) is 0 Å². The van der Waals surface area contributed by atoms with E-state index in [0.29, 0.717) is 28.1 Å². The molecule has 198 valence electrons. The molecule has 0 spiro atoms. The number of aromatic nitrogens is 3. The number of benzene rings is 6. The van der Waals surface area contributed by atoms with Crippen molar-refractivity contribution in [2.24, 2.45) is 0 Å². The summed E-state index contributed by atoms with van der Waals surface area (Å²) in [5.74, 6) is 1.81. The van der Waals surface area contributed by atoms with Crippen molar-refractivity contribution < 1.29 is 4.42 Å². The fraction of sp³-hybridized carbons (Fsp3) is 0. The molecule has 0 N–H and O–H groups in total. The Morgan fingerprint density at radius 3 is 1.90 bits per heavy atom. The lowest BCUT2D eigenvalue weighted by Crippen LogP contribution is -2.00. The summed E-state index contributed by atoms with van der Waals surface area (Å²) in [5.41, 5.74) is 6.17. The van der Waals surface area contributed by atoms with Crippen molar-refractivity contribution in [3.05, 3.63) is 138 Å². The van der Waals surface area contributed by atoms with Crippen LogP contribution in [0.4, 0.5) is 0 Å². The maximum Gasteiger partial charge on any atom is 0.164 e. The molecule has 0 bridgehead atoms. The van der Waals surface area contributed by atoms with E-state index in [1.165, 1.54) is 5.39 Å². The summed E-state index contributed by atoms with van der Waals surface area (Å²) in [5, 5.41) is 4.83. The van der Waals surface area contributed by atoms with Gasteiger partial charge in [-0.05, 0) is 34.5 Å². The first-order chi connectivity index (χ1) is 20.7. The van der Waals surface area contributed by atoms with Crippen LogP contribution in [0.15, 0.2) is 138 Å². The molecular formula is C37H22ClN3O. The van der Waals surface area contributed by atoms with E-state index in [1.54, 1.807) is 0 Å².